The maximum absolute atomic E-state index is 4.69. The minimum Gasteiger partial charge on any atom is -0.306 e. The predicted octanol–water partition coefficient (Wildman–Crippen LogP) is 4.42. The normalized spacial score (nSPS) is 11.8. The highest BCUT2D eigenvalue weighted by atomic mass is 32.2. The summed E-state index contributed by atoms with van der Waals surface area (Å²) in [5.41, 5.74) is 2.44. The molecule has 1 aromatic heterocycles. The van der Waals surface area contributed by atoms with Gasteiger partial charge < -0.3 is 5.32 Å². The summed E-state index contributed by atoms with van der Waals surface area (Å²) in [7, 11) is 0. The summed E-state index contributed by atoms with van der Waals surface area (Å²) in [6.07, 6.45) is 2.09. The molecule has 0 radical (unpaired) electrons. The molecule has 102 valence electrons. The second-order valence-electron chi connectivity index (χ2n) is 5.48. The zero-order chi connectivity index (χ0) is 13.9. The fourth-order valence-corrected chi connectivity index (χ4v) is 2.84. The fourth-order valence-electron chi connectivity index (χ4n) is 1.61. The van der Waals surface area contributed by atoms with Crippen molar-refractivity contribution in [1.82, 2.24) is 10.3 Å². The number of hydrogen-bond acceptors (Lipinski definition) is 4. The van der Waals surface area contributed by atoms with E-state index < -0.39 is 0 Å². The molecule has 2 aromatic rings. The van der Waals surface area contributed by atoms with E-state index in [1.165, 1.54) is 10.5 Å². The first-order valence-corrected chi connectivity index (χ1v) is 8.42. The average molecular weight is 292 g/mol. The van der Waals surface area contributed by atoms with Crippen molar-refractivity contribution in [3.63, 3.8) is 0 Å². The van der Waals surface area contributed by atoms with Gasteiger partial charge >= 0.3 is 0 Å². The lowest BCUT2D eigenvalue weighted by Gasteiger charge is -2.19. The molecule has 1 N–H and O–H groups in total. The topological polar surface area (TPSA) is 24.9 Å². The van der Waals surface area contributed by atoms with Gasteiger partial charge in [-0.2, -0.15) is 0 Å². The molecule has 1 heterocycles. The smallest absolute Gasteiger partial charge is 0.123 e. The van der Waals surface area contributed by atoms with Gasteiger partial charge in [0.05, 0.1) is 5.69 Å². The molecule has 1 aromatic carbocycles. The Morgan fingerprint density at radius 1 is 1.21 bits per heavy atom. The predicted molar refractivity (Wildman–Crippen MR) is 85.9 cm³/mol. The molecule has 0 bridgehead atoms. The van der Waals surface area contributed by atoms with E-state index in [1.807, 2.05) is 0 Å². The average Bonchev–Trinajstić information content (AvgIpc) is 2.84. The molecule has 19 heavy (non-hydrogen) atoms. The van der Waals surface area contributed by atoms with Gasteiger partial charge in [-0.15, -0.1) is 23.1 Å². The van der Waals surface area contributed by atoms with Gasteiger partial charge in [-0.25, -0.2) is 4.98 Å². The molecule has 0 aliphatic rings. The van der Waals surface area contributed by atoms with Gasteiger partial charge in [0.2, 0.25) is 0 Å². The van der Waals surface area contributed by atoms with Crippen molar-refractivity contribution in [2.45, 2.75) is 37.8 Å². The lowest BCUT2D eigenvalue weighted by molar-refractivity contribution is 0.422. The standard InChI is InChI=1S/C15H20N2S2/c1-15(2,3)16-9-12-10-19-14(17-12)11-5-7-13(18-4)8-6-11/h5-8,10,16H,9H2,1-4H3. The van der Waals surface area contributed by atoms with Crippen molar-refractivity contribution in [1.29, 1.82) is 0 Å². The Morgan fingerprint density at radius 2 is 1.89 bits per heavy atom. The summed E-state index contributed by atoms with van der Waals surface area (Å²) in [5, 5.41) is 6.69. The summed E-state index contributed by atoms with van der Waals surface area (Å²) in [6, 6.07) is 8.58. The first-order chi connectivity index (χ1) is 8.98. The Kier molecular flexibility index (Phi) is 4.66. The number of thioether (sulfide) groups is 1. The Balaban J connectivity index is 2.07. The van der Waals surface area contributed by atoms with Crippen LogP contribution in [0.25, 0.3) is 10.6 Å². The molecule has 0 saturated carbocycles. The lowest BCUT2D eigenvalue weighted by Crippen LogP contribution is -2.35. The van der Waals surface area contributed by atoms with Crippen LogP contribution in [0.2, 0.25) is 0 Å². The number of rotatable bonds is 4. The molecule has 0 atom stereocenters. The Labute approximate surface area is 123 Å². The van der Waals surface area contributed by atoms with E-state index in [4.69, 9.17) is 0 Å². The highest BCUT2D eigenvalue weighted by Crippen LogP contribution is 2.26. The van der Waals surface area contributed by atoms with E-state index in [1.54, 1.807) is 23.1 Å². The molecule has 0 unspecified atom stereocenters. The molecule has 2 rings (SSSR count). The van der Waals surface area contributed by atoms with Crippen LogP contribution in [-0.2, 0) is 6.54 Å². The van der Waals surface area contributed by atoms with E-state index in [2.05, 4.69) is 67.0 Å². The highest BCUT2D eigenvalue weighted by Gasteiger charge is 2.10. The molecule has 0 aliphatic carbocycles. The Hall–Kier alpha value is -0.840. The van der Waals surface area contributed by atoms with Crippen LogP contribution < -0.4 is 5.32 Å². The summed E-state index contributed by atoms with van der Waals surface area (Å²) in [6.45, 7) is 7.33. The summed E-state index contributed by atoms with van der Waals surface area (Å²) >= 11 is 3.47. The SMILES string of the molecule is CSc1ccc(-c2nc(CNC(C)(C)C)cs2)cc1. The second kappa shape index (κ2) is 6.07. The van der Waals surface area contributed by atoms with Crippen molar-refractivity contribution in [2.75, 3.05) is 6.26 Å². The number of aromatic nitrogens is 1. The van der Waals surface area contributed by atoms with Crippen LogP contribution >= 0.6 is 23.1 Å². The van der Waals surface area contributed by atoms with Crippen molar-refractivity contribution in [2.24, 2.45) is 0 Å². The Morgan fingerprint density at radius 3 is 2.47 bits per heavy atom. The third-order valence-corrected chi connectivity index (χ3v) is 4.37. The van der Waals surface area contributed by atoms with Crippen LogP contribution in [0.1, 0.15) is 26.5 Å². The van der Waals surface area contributed by atoms with Crippen molar-refractivity contribution in [3.8, 4) is 10.6 Å². The first kappa shape index (κ1) is 14.6. The van der Waals surface area contributed by atoms with Crippen molar-refractivity contribution >= 4 is 23.1 Å². The first-order valence-electron chi connectivity index (χ1n) is 6.32. The largest absolute Gasteiger partial charge is 0.306 e. The van der Waals surface area contributed by atoms with Crippen LogP contribution in [0.5, 0.6) is 0 Å². The molecule has 0 spiro atoms. The summed E-state index contributed by atoms with van der Waals surface area (Å²) in [5.74, 6) is 0. The molecule has 0 amide bonds. The molecule has 0 saturated heterocycles. The van der Waals surface area contributed by atoms with Crippen molar-refractivity contribution in [3.05, 3.63) is 35.3 Å². The molecule has 0 aliphatic heterocycles. The zero-order valence-electron chi connectivity index (χ0n) is 11.9. The number of benzene rings is 1. The summed E-state index contributed by atoms with van der Waals surface area (Å²) in [4.78, 5) is 5.98. The molecule has 0 fully saturated rings. The van der Waals surface area contributed by atoms with E-state index in [9.17, 15) is 0 Å². The summed E-state index contributed by atoms with van der Waals surface area (Å²) < 4.78 is 0. The third-order valence-electron chi connectivity index (χ3n) is 2.69. The number of hydrogen-bond donors (Lipinski definition) is 1. The van der Waals surface area contributed by atoms with Gasteiger partial charge in [0.15, 0.2) is 0 Å². The number of nitrogens with one attached hydrogen (secondary N) is 1. The maximum atomic E-state index is 4.69. The van der Waals surface area contributed by atoms with E-state index >= 15 is 0 Å². The zero-order valence-corrected chi connectivity index (χ0v) is 13.5. The lowest BCUT2D eigenvalue weighted by atomic mass is 10.1. The molecular formula is C15H20N2S2. The number of nitrogens with zero attached hydrogens (tertiary/aromatic N) is 1. The van der Waals surface area contributed by atoms with Crippen LogP contribution in [0, 0.1) is 0 Å². The van der Waals surface area contributed by atoms with Gasteiger partial charge in [0.25, 0.3) is 0 Å². The van der Waals surface area contributed by atoms with Gasteiger partial charge in [0.1, 0.15) is 5.01 Å². The van der Waals surface area contributed by atoms with E-state index in [0.717, 1.165) is 17.2 Å². The molecular weight excluding hydrogens is 272 g/mol. The van der Waals surface area contributed by atoms with Gasteiger partial charge in [0, 0.05) is 27.9 Å². The number of thiazole rings is 1. The third kappa shape index (κ3) is 4.34. The van der Waals surface area contributed by atoms with Crippen LogP contribution in [0.3, 0.4) is 0 Å². The minimum absolute atomic E-state index is 0.129. The fraction of sp³-hybridized carbons (Fsp3) is 0.400. The maximum Gasteiger partial charge on any atom is 0.123 e. The van der Waals surface area contributed by atoms with E-state index in [-0.39, 0.29) is 5.54 Å². The van der Waals surface area contributed by atoms with E-state index in [0.29, 0.717) is 0 Å². The van der Waals surface area contributed by atoms with Gasteiger partial charge in [-0.3, -0.25) is 0 Å². The van der Waals surface area contributed by atoms with Crippen molar-refractivity contribution < 1.29 is 0 Å². The van der Waals surface area contributed by atoms with Crippen LogP contribution in [0.4, 0.5) is 0 Å². The Bertz CT molecular complexity index is 524. The monoisotopic (exact) mass is 292 g/mol. The second-order valence-corrected chi connectivity index (χ2v) is 7.21. The quantitative estimate of drug-likeness (QED) is 0.844. The highest BCUT2D eigenvalue weighted by molar-refractivity contribution is 7.98. The molecule has 4 heteroatoms. The van der Waals surface area contributed by atoms with Crippen LogP contribution in [-0.4, -0.2) is 16.8 Å². The van der Waals surface area contributed by atoms with Crippen LogP contribution in [0.15, 0.2) is 34.5 Å². The minimum atomic E-state index is 0.129. The van der Waals surface area contributed by atoms with Gasteiger partial charge in [-0.05, 0) is 39.2 Å². The molecule has 2 nitrogen and oxygen atoms in total. The van der Waals surface area contributed by atoms with Gasteiger partial charge in [-0.1, -0.05) is 12.1 Å².